The molecule has 1 aromatic rings. The van der Waals surface area contributed by atoms with Crippen LogP contribution in [0.5, 0.6) is 11.5 Å². The van der Waals surface area contributed by atoms with Crippen LogP contribution in [0.2, 0.25) is 0 Å². The number of rotatable bonds is 7. The van der Waals surface area contributed by atoms with Crippen molar-refractivity contribution in [1.82, 2.24) is 4.72 Å². The summed E-state index contributed by atoms with van der Waals surface area (Å²) in [6.07, 6.45) is 0.483. The number of hydrogen-bond donors (Lipinski definition) is 1. The molecule has 0 heterocycles. The maximum atomic E-state index is 11.5. The van der Waals surface area contributed by atoms with Crippen molar-refractivity contribution in [2.75, 3.05) is 19.4 Å². The standard InChI is InChI=1S/C12H17NO5S/c1-3-8-19(15,16)13-9-12(14)18-11-7-5-4-6-10(11)17-2/h4-7,13H,3,8-9H2,1-2H3. The van der Waals surface area contributed by atoms with E-state index < -0.39 is 22.5 Å². The number of benzene rings is 1. The molecule has 0 fully saturated rings. The van der Waals surface area contributed by atoms with Gasteiger partial charge in [-0.15, -0.1) is 0 Å². The number of methoxy groups -OCH3 is 1. The van der Waals surface area contributed by atoms with Crippen molar-refractivity contribution in [3.63, 3.8) is 0 Å². The molecule has 0 radical (unpaired) electrons. The second-order valence-corrected chi connectivity index (χ2v) is 5.69. The Morgan fingerprint density at radius 1 is 1.26 bits per heavy atom. The molecule has 0 saturated heterocycles. The molecule has 0 aliphatic heterocycles. The first-order valence-electron chi connectivity index (χ1n) is 5.79. The first kappa shape index (κ1) is 15.5. The fraction of sp³-hybridized carbons (Fsp3) is 0.417. The van der Waals surface area contributed by atoms with Gasteiger partial charge in [0.15, 0.2) is 11.5 Å². The van der Waals surface area contributed by atoms with Crippen molar-refractivity contribution in [3.05, 3.63) is 24.3 Å². The highest BCUT2D eigenvalue weighted by Crippen LogP contribution is 2.25. The summed E-state index contributed by atoms with van der Waals surface area (Å²) in [5, 5.41) is 0. The summed E-state index contributed by atoms with van der Waals surface area (Å²) in [6, 6.07) is 6.63. The molecule has 0 amide bonds. The molecule has 0 atom stereocenters. The van der Waals surface area contributed by atoms with Gasteiger partial charge in [-0.05, 0) is 18.6 Å². The van der Waals surface area contributed by atoms with E-state index >= 15 is 0 Å². The van der Waals surface area contributed by atoms with Crippen LogP contribution < -0.4 is 14.2 Å². The topological polar surface area (TPSA) is 81.7 Å². The number of carbonyl (C=O) groups is 1. The predicted molar refractivity (Wildman–Crippen MR) is 70.7 cm³/mol. The van der Waals surface area contributed by atoms with E-state index in [1.807, 2.05) is 0 Å². The van der Waals surface area contributed by atoms with E-state index in [1.165, 1.54) is 7.11 Å². The van der Waals surface area contributed by atoms with E-state index in [1.54, 1.807) is 31.2 Å². The van der Waals surface area contributed by atoms with Gasteiger partial charge in [-0.25, -0.2) is 13.1 Å². The SMILES string of the molecule is CCCS(=O)(=O)NCC(=O)Oc1ccccc1OC. The first-order valence-corrected chi connectivity index (χ1v) is 7.44. The second kappa shape index (κ2) is 7.10. The van der Waals surface area contributed by atoms with Crippen LogP contribution in [0.4, 0.5) is 0 Å². The molecule has 0 aliphatic carbocycles. The number of esters is 1. The van der Waals surface area contributed by atoms with E-state index in [2.05, 4.69) is 4.72 Å². The Labute approximate surface area is 112 Å². The Kier molecular flexibility index (Phi) is 5.78. The van der Waals surface area contributed by atoms with Crippen LogP contribution in [0.25, 0.3) is 0 Å². The predicted octanol–water partition coefficient (Wildman–Crippen LogP) is 0.930. The minimum absolute atomic E-state index is 0.0189. The summed E-state index contributed by atoms with van der Waals surface area (Å²) in [7, 11) is -1.96. The molecular weight excluding hydrogens is 270 g/mol. The smallest absolute Gasteiger partial charge is 0.326 e. The average Bonchev–Trinajstić information content (AvgIpc) is 2.37. The lowest BCUT2D eigenvalue weighted by Gasteiger charge is -2.09. The largest absolute Gasteiger partial charge is 0.493 e. The normalized spacial score (nSPS) is 11.1. The molecule has 0 aliphatic rings. The number of nitrogens with one attached hydrogen (secondary N) is 1. The van der Waals surface area contributed by atoms with E-state index in [0.717, 1.165) is 0 Å². The minimum atomic E-state index is -3.42. The lowest BCUT2D eigenvalue weighted by atomic mass is 10.3. The van der Waals surface area contributed by atoms with Gasteiger partial charge in [0.2, 0.25) is 10.0 Å². The molecule has 0 aromatic heterocycles. The molecule has 6 nitrogen and oxygen atoms in total. The minimum Gasteiger partial charge on any atom is -0.493 e. The van der Waals surface area contributed by atoms with Crippen LogP contribution >= 0.6 is 0 Å². The third-order valence-electron chi connectivity index (χ3n) is 2.20. The van der Waals surface area contributed by atoms with Gasteiger partial charge in [-0.1, -0.05) is 19.1 Å². The summed E-state index contributed by atoms with van der Waals surface area (Å²) in [4.78, 5) is 11.5. The summed E-state index contributed by atoms with van der Waals surface area (Å²) < 4.78 is 34.9. The third-order valence-corrected chi connectivity index (χ3v) is 3.73. The van der Waals surface area contributed by atoms with Crippen molar-refractivity contribution in [2.45, 2.75) is 13.3 Å². The van der Waals surface area contributed by atoms with E-state index in [9.17, 15) is 13.2 Å². The monoisotopic (exact) mass is 287 g/mol. The highest BCUT2D eigenvalue weighted by Gasteiger charge is 2.14. The average molecular weight is 287 g/mol. The Morgan fingerprint density at radius 2 is 1.89 bits per heavy atom. The summed E-state index contributed by atoms with van der Waals surface area (Å²) >= 11 is 0. The maximum Gasteiger partial charge on any atom is 0.326 e. The van der Waals surface area contributed by atoms with E-state index in [0.29, 0.717) is 12.2 Å². The Bertz CT molecular complexity index is 527. The van der Waals surface area contributed by atoms with Crippen LogP contribution in [-0.4, -0.2) is 33.8 Å². The Balaban J connectivity index is 2.56. The Morgan fingerprint density at radius 3 is 2.47 bits per heavy atom. The fourth-order valence-electron chi connectivity index (χ4n) is 1.37. The zero-order valence-electron chi connectivity index (χ0n) is 10.9. The maximum absolute atomic E-state index is 11.5. The van der Waals surface area contributed by atoms with Gasteiger partial charge in [0, 0.05) is 0 Å². The number of para-hydroxylation sites is 2. The summed E-state index contributed by atoms with van der Waals surface area (Å²) in [6.45, 7) is 1.34. The molecule has 1 N–H and O–H groups in total. The molecule has 7 heteroatoms. The van der Waals surface area contributed by atoms with Crippen molar-refractivity contribution in [3.8, 4) is 11.5 Å². The van der Waals surface area contributed by atoms with Gasteiger partial charge in [0.1, 0.15) is 6.54 Å². The molecule has 0 spiro atoms. The van der Waals surface area contributed by atoms with E-state index in [4.69, 9.17) is 9.47 Å². The molecule has 0 unspecified atom stereocenters. The van der Waals surface area contributed by atoms with Crippen LogP contribution in [-0.2, 0) is 14.8 Å². The molecule has 19 heavy (non-hydrogen) atoms. The van der Waals surface area contributed by atoms with Crippen molar-refractivity contribution >= 4 is 16.0 Å². The second-order valence-electron chi connectivity index (χ2n) is 3.76. The van der Waals surface area contributed by atoms with Gasteiger partial charge < -0.3 is 9.47 Å². The number of hydrogen-bond acceptors (Lipinski definition) is 5. The highest BCUT2D eigenvalue weighted by molar-refractivity contribution is 7.89. The number of ether oxygens (including phenoxy) is 2. The molecule has 1 aromatic carbocycles. The number of sulfonamides is 1. The third kappa shape index (κ3) is 5.27. The first-order chi connectivity index (χ1) is 8.98. The molecular formula is C12H17NO5S. The van der Waals surface area contributed by atoms with Gasteiger partial charge >= 0.3 is 5.97 Å². The molecule has 1 rings (SSSR count). The summed E-state index contributed by atoms with van der Waals surface area (Å²) in [5.74, 6) is -0.0456. The van der Waals surface area contributed by atoms with Crippen LogP contribution in [0, 0.1) is 0 Å². The van der Waals surface area contributed by atoms with Gasteiger partial charge in [-0.2, -0.15) is 0 Å². The van der Waals surface area contributed by atoms with Gasteiger partial charge in [0.25, 0.3) is 0 Å². The van der Waals surface area contributed by atoms with Gasteiger partial charge in [0.05, 0.1) is 12.9 Å². The molecule has 0 bridgehead atoms. The lowest BCUT2D eigenvalue weighted by molar-refractivity contribution is -0.133. The van der Waals surface area contributed by atoms with Crippen LogP contribution in [0.3, 0.4) is 0 Å². The van der Waals surface area contributed by atoms with Crippen molar-refractivity contribution in [2.24, 2.45) is 0 Å². The number of carbonyl (C=O) groups excluding carboxylic acids is 1. The quantitative estimate of drug-likeness (QED) is 0.596. The molecule has 106 valence electrons. The highest BCUT2D eigenvalue weighted by atomic mass is 32.2. The van der Waals surface area contributed by atoms with Crippen molar-refractivity contribution < 1.29 is 22.7 Å². The van der Waals surface area contributed by atoms with Crippen LogP contribution in [0.1, 0.15) is 13.3 Å². The fourth-order valence-corrected chi connectivity index (χ4v) is 2.39. The summed E-state index contributed by atoms with van der Waals surface area (Å²) in [5.41, 5.74) is 0. The van der Waals surface area contributed by atoms with E-state index in [-0.39, 0.29) is 11.5 Å². The Hall–Kier alpha value is -1.60. The molecule has 0 saturated carbocycles. The lowest BCUT2D eigenvalue weighted by Crippen LogP contribution is -2.33. The zero-order chi connectivity index (χ0) is 14.3. The zero-order valence-corrected chi connectivity index (χ0v) is 11.7. The van der Waals surface area contributed by atoms with Gasteiger partial charge in [-0.3, -0.25) is 4.79 Å². The van der Waals surface area contributed by atoms with Crippen LogP contribution in [0.15, 0.2) is 24.3 Å². The van der Waals surface area contributed by atoms with Crippen molar-refractivity contribution in [1.29, 1.82) is 0 Å².